The molecule has 0 aliphatic heterocycles. The van der Waals surface area contributed by atoms with Gasteiger partial charge in [0.1, 0.15) is 6.04 Å². The molecule has 2 atom stereocenters. The van der Waals surface area contributed by atoms with Crippen LogP contribution in [-0.4, -0.2) is 93.9 Å². The lowest BCUT2D eigenvalue weighted by Gasteiger charge is -2.34. The van der Waals surface area contributed by atoms with Crippen molar-refractivity contribution in [1.29, 1.82) is 0 Å². The molecule has 0 aromatic heterocycles. The van der Waals surface area contributed by atoms with Crippen LogP contribution in [0.1, 0.15) is 11.1 Å². The van der Waals surface area contributed by atoms with Crippen LogP contribution in [0.5, 0.6) is 0 Å². The topological polar surface area (TPSA) is 140 Å². The Bertz CT molecular complexity index is 853. The maximum Gasteiger partial charge on any atom is 0.321 e. The van der Waals surface area contributed by atoms with Gasteiger partial charge in [-0.1, -0.05) is 60.7 Å². The Hall–Kier alpha value is -2.86. The number of benzene rings is 2. The van der Waals surface area contributed by atoms with Crippen molar-refractivity contribution in [2.45, 2.75) is 24.9 Å². The zero-order valence-electron chi connectivity index (χ0n) is 18.9. The molecule has 0 fully saturated rings. The van der Waals surface area contributed by atoms with E-state index in [-0.39, 0.29) is 45.3 Å². The van der Waals surface area contributed by atoms with Gasteiger partial charge >= 0.3 is 11.9 Å². The minimum absolute atomic E-state index is 0.0258. The number of rotatable bonds is 17. The van der Waals surface area contributed by atoms with E-state index in [2.05, 4.69) is 9.78 Å². The van der Waals surface area contributed by atoms with Gasteiger partial charge in [-0.3, -0.25) is 29.9 Å². The number of aliphatic carboxylic acids is 2. The molecule has 2 unspecified atom stereocenters. The molecule has 0 spiro atoms. The number of carboxylic acids is 2. The summed E-state index contributed by atoms with van der Waals surface area (Å²) in [7, 11) is 0. The average molecular weight is 477 g/mol. The molecule has 4 N–H and O–H groups in total. The van der Waals surface area contributed by atoms with E-state index in [1.165, 1.54) is 4.90 Å². The van der Waals surface area contributed by atoms with Crippen LogP contribution in [0.3, 0.4) is 0 Å². The summed E-state index contributed by atoms with van der Waals surface area (Å²) in [4.78, 5) is 35.5. The standard InChI is InChI=1S/C24H32N2O8/c27-23(28)17-26(22(24(29)30)16-20-9-5-2-6-10-20)12-11-25(13-14-33-31)21(18-34-32)15-19-7-3-1-4-8-19/h1-10,21-22,31-32H,11-18H2,(H,27,28)(H,29,30). The first-order valence-corrected chi connectivity index (χ1v) is 11.0. The third-order valence-electron chi connectivity index (χ3n) is 5.58. The minimum atomic E-state index is -1.14. The van der Waals surface area contributed by atoms with Crippen LogP contribution in [0.25, 0.3) is 0 Å². The highest BCUT2D eigenvalue weighted by molar-refractivity contribution is 5.76. The minimum Gasteiger partial charge on any atom is -0.480 e. The predicted octanol–water partition coefficient (Wildman–Crippen LogP) is 1.96. The van der Waals surface area contributed by atoms with Gasteiger partial charge in [0, 0.05) is 25.7 Å². The Morgan fingerprint density at radius 2 is 1.32 bits per heavy atom. The first kappa shape index (κ1) is 27.4. The van der Waals surface area contributed by atoms with Crippen LogP contribution in [0.2, 0.25) is 0 Å². The third-order valence-corrected chi connectivity index (χ3v) is 5.58. The maximum absolute atomic E-state index is 12.1. The van der Waals surface area contributed by atoms with Crippen LogP contribution in [0.4, 0.5) is 0 Å². The lowest BCUT2D eigenvalue weighted by molar-refractivity contribution is -0.258. The van der Waals surface area contributed by atoms with Gasteiger partial charge < -0.3 is 10.2 Å². The van der Waals surface area contributed by atoms with Gasteiger partial charge in [0.15, 0.2) is 0 Å². The molecule has 2 rings (SSSR count). The van der Waals surface area contributed by atoms with Crippen LogP contribution < -0.4 is 0 Å². The Balaban J connectivity index is 2.19. The van der Waals surface area contributed by atoms with Crippen LogP contribution in [-0.2, 0) is 32.2 Å². The fraction of sp³-hybridized carbons (Fsp3) is 0.417. The summed E-state index contributed by atoms with van der Waals surface area (Å²) in [5, 5.41) is 37.3. The van der Waals surface area contributed by atoms with Gasteiger partial charge in [-0.15, -0.1) is 0 Å². The van der Waals surface area contributed by atoms with E-state index in [0.29, 0.717) is 6.42 Å². The van der Waals surface area contributed by atoms with Crippen molar-refractivity contribution in [3.05, 3.63) is 71.8 Å². The zero-order valence-corrected chi connectivity index (χ0v) is 18.9. The highest BCUT2D eigenvalue weighted by Crippen LogP contribution is 2.13. The molecule has 0 heterocycles. The smallest absolute Gasteiger partial charge is 0.321 e. The van der Waals surface area contributed by atoms with E-state index in [9.17, 15) is 19.8 Å². The molecule has 0 saturated carbocycles. The highest BCUT2D eigenvalue weighted by atomic mass is 17.1. The first-order chi connectivity index (χ1) is 16.4. The zero-order chi connectivity index (χ0) is 24.8. The second kappa shape index (κ2) is 15.1. The monoisotopic (exact) mass is 476 g/mol. The molecule has 2 aromatic rings. The SMILES string of the molecule is O=C(O)CN(CCN(CCOO)C(COO)Cc1ccccc1)C(Cc1ccccc1)C(=O)O. The highest BCUT2D eigenvalue weighted by Gasteiger charge is 2.29. The lowest BCUT2D eigenvalue weighted by Crippen LogP contribution is -2.51. The summed E-state index contributed by atoms with van der Waals surface area (Å²) in [5.41, 5.74) is 1.78. The molecular weight excluding hydrogens is 444 g/mol. The summed E-state index contributed by atoms with van der Waals surface area (Å²) in [6.07, 6.45) is 0.661. The van der Waals surface area contributed by atoms with Crippen molar-refractivity contribution in [2.24, 2.45) is 0 Å². The van der Waals surface area contributed by atoms with Gasteiger partial charge in [0.05, 0.1) is 19.8 Å². The van der Waals surface area contributed by atoms with Crippen molar-refractivity contribution in [1.82, 2.24) is 9.80 Å². The molecule has 0 aliphatic carbocycles. The lowest BCUT2D eigenvalue weighted by atomic mass is 10.0. The molecule has 10 heteroatoms. The van der Waals surface area contributed by atoms with E-state index < -0.39 is 24.5 Å². The van der Waals surface area contributed by atoms with E-state index in [1.807, 2.05) is 41.3 Å². The van der Waals surface area contributed by atoms with Crippen molar-refractivity contribution in [3.8, 4) is 0 Å². The summed E-state index contributed by atoms with van der Waals surface area (Å²) in [6, 6.07) is 17.2. The molecule has 0 amide bonds. The third kappa shape index (κ3) is 9.56. The quantitative estimate of drug-likeness (QED) is 0.198. The van der Waals surface area contributed by atoms with Gasteiger partial charge in [0.2, 0.25) is 0 Å². The van der Waals surface area contributed by atoms with E-state index in [4.69, 9.17) is 10.5 Å². The predicted molar refractivity (Wildman–Crippen MR) is 123 cm³/mol. The van der Waals surface area contributed by atoms with Gasteiger partial charge in [-0.2, -0.15) is 0 Å². The largest absolute Gasteiger partial charge is 0.480 e. The number of carboxylic acid groups (broad SMARTS) is 2. The number of hydrogen-bond donors (Lipinski definition) is 4. The summed E-state index contributed by atoms with van der Waals surface area (Å²) < 4.78 is 0. The molecule has 0 radical (unpaired) electrons. The van der Waals surface area contributed by atoms with E-state index in [1.54, 1.807) is 24.3 Å². The Morgan fingerprint density at radius 3 is 1.82 bits per heavy atom. The summed E-state index contributed by atoms with van der Waals surface area (Å²) in [5.74, 6) is -2.25. The molecule has 0 saturated heterocycles. The Labute approximate surface area is 198 Å². The average Bonchev–Trinajstić information content (AvgIpc) is 2.82. The van der Waals surface area contributed by atoms with Gasteiger partial charge in [-0.05, 0) is 24.0 Å². The van der Waals surface area contributed by atoms with Crippen molar-refractivity contribution < 1.29 is 40.1 Å². The van der Waals surface area contributed by atoms with Gasteiger partial charge in [-0.25, -0.2) is 9.78 Å². The fourth-order valence-electron chi connectivity index (χ4n) is 3.89. The summed E-state index contributed by atoms with van der Waals surface area (Å²) in [6.45, 7) is 0.130. The Kier molecular flexibility index (Phi) is 12.2. The Morgan fingerprint density at radius 1 is 0.765 bits per heavy atom. The molecule has 2 aromatic carbocycles. The van der Waals surface area contributed by atoms with E-state index in [0.717, 1.165) is 11.1 Å². The number of nitrogens with zero attached hydrogens (tertiary/aromatic N) is 2. The van der Waals surface area contributed by atoms with Crippen molar-refractivity contribution in [3.63, 3.8) is 0 Å². The normalized spacial score (nSPS) is 13.2. The van der Waals surface area contributed by atoms with Crippen LogP contribution in [0, 0.1) is 0 Å². The second-order valence-electron chi connectivity index (χ2n) is 7.92. The molecule has 0 aliphatic rings. The fourth-order valence-corrected chi connectivity index (χ4v) is 3.89. The second-order valence-corrected chi connectivity index (χ2v) is 7.92. The van der Waals surface area contributed by atoms with Crippen LogP contribution in [0.15, 0.2) is 60.7 Å². The van der Waals surface area contributed by atoms with Crippen molar-refractivity contribution in [2.75, 3.05) is 39.4 Å². The first-order valence-electron chi connectivity index (χ1n) is 11.0. The van der Waals surface area contributed by atoms with E-state index >= 15 is 0 Å². The summed E-state index contributed by atoms with van der Waals surface area (Å²) >= 11 is 0. The number of carbonyl (C=O) groups is 2. The van der Waals surface area contributed by atoms with Crippen LogP contribution >= 0.6 is 0 Å². The molecule has 34 heavy (non-hydrogen) atoms. The maximum atomic E-state index is 12.1. The molecule has 0 bridgehead atoms. The molecule has 186 valence electrons. The van der Waals surface area contributed by atoms with Gasteiger partial charge in [0.25, 0.3) is 0 Å². The number of hydrogen-bond acceptors (Lipinski definition) is 8. The molecular formula is C24H32N2O8. The molecule has 10 nitrogen and oxygen atoms in total. The van der Waals surface area contributed by atoms with Crippen molar-refractivity contribution >= 4 is 11.9 Å².